The van der Waals surface area contributed by atoms with Crippen LogP contribution in [0.3, 0.4) is 0 Å². The summed E-state index contributed by atoms with van der Waals surface area (Å²) in [5, 5.41) is 10.3. The number of hydrogen-bond acceptors (Lipinski definition) is 1. The number of fused-ring (bicyclic) bond motifs is 5. The topological polar surface area (TPSA) is 20.2 Å². The highest BCUT2D eigenvalue weighted by molar-refractivity contribution is 5.25. The summed E-state index contributed by atoms with van der Waals surface area (Å²) in [6.45, 7) is 12.8. The van der Waals surface area contributed by atoms with E-state index in [1.165, 1.54) is 148 Å². The van der Waals surface area contributed by atoms with E-state index >= 15 is 0 Å². The van der Waals surface area contributed by atoms with Crippen LogP contribution in [-0.4, -0.2) is 11.2 Å². The molecule has 254 valence electrons. The molecule has 0 saturated heterocycles. The Balaban J connectivity index is 1.05. The molecule has 0 bridgehead atoms. The Labute approximate surface area is 275 Å². The quantitative estimate of drug-likeness (QED) is 0.108. The molecular formula is C43H76O. The van der Waals surface area contributed by atoms with E-state index in [2.05, 4.69) is 52.8 Å². The molecule has 44 heavy (non-hydrogen) atoms. The van der Waals surface area contributed by atoms with Crippen LogP contribution in [0.2, 0.25) is 0 Å². The second-order valence-corrected chi connectivity index (χ2v) is 17.3. The van der Waals surface area contributed by atoms with Gasteiger partial charge in [-0.3, -0.25) is 0 Å². The molecule has 4 aliphatic rings. The van der Waals surface area contributed by atoms with E-state index in [1.807, 2.05) is 0 Å². The summed E-state index contributed by atoms with van der Waals surface area (Å²) in [6, 6.07) is 0. The lowest BCUT2D eigenvalue weighted by molar-refractivity contribution is -0.0573. The molecule has 4 aliphatic carbocycles. The summed E-state index contributed by atoms with van der Waals surface area (Å²) in [5.41, 5.74) is 2.58. The standard InChI is InChI=1S/C43H76O/c1-6-7-8-9-10-11-12-13-14-15-16-17-18-19-20-22-34(2)23-21-24-35(3)39-27-28-40-38-26-25-36-33-37(44)29-31-42(36,4)41(38)30-32-43(39,40)5/h11-12,25,34-35,37-41,44H,6-10,13-24,26-33H2,1-5H3/b12-11-/t34?,35-,37+,38+,39-,40+,41+,42+,43-/m1/s1. The van der Waals surface area contributed by atoms with E-state index in [1.54, 1.807) is 5.57 Å². The first kappa shape index (κ1) is 36.3. The Morgan fingerprint density at radius 2 is 1.41 bits per heavy atom. The predicted molar refractivity (Wildman–Crippen MR) is 193 cm³/mol. The number of rotatable bonds is 20. The smallest absolute Gasteiger partial charge is 0.0577 e. The first-order valence-electron chi connectivity index (χ1n) is 20.3. The van der Waals surface area contributed by atoms with Crippen LogP contribution < -0.4 is 0 Å². The molecule has 1 nitrogen and oxygen atoms in total. The lowest BCUT2D eigenvalue weighted by Crippen LogP contribution is -2.50. The molecule has 9 atom stereocenters. The van der Waals surface area contributed by atoms with Crippen LogP contribution in [0.4, 0.5) is 0 Å². The number of allylic oxidation sites excluding steroid dienone is 3. The van der Waals surface area contributed by atoms with E-state index < -0.39 is 0 Å². The fourth-order valence-electron chi connectivity index (χ4n) is 11.3. The van der Waals surface area contributed by atoms with Gasteiger partial charge in [0.25, 0.3) is 0 Å². The summed E-state index contributed by atoms with van der Waals surface area (Å²) in [7, 11) is 0. The van der Waals surface area contributed by atoms with Crippen LogP contribution in [0.15, 0.2) is 23.8 Å². The van der Waals surface area contributed by atoms with Crippen molar-refractivity contribution in [1.82, 2.24) is 0 Å². The third kappa shape index (κ3) is 9.50. The molecule has 3 saturated carbocycles. The van der Waals surface area contributed by atoms with Gasteiger partial charge in [0.1, 0.15) is 0 Å². The Hall–Kier alpha value is -0.560. The van der Waals surface area contributed by atoms with Gasteiger partial charge >= 0.3 is 0 Å². The molecule has 0 aromatic carbocycles. The third-order valence-corrected chi connectivity index (χ3v) is 14.2. The van der Waals surface area contributed by atoms with Crippen molar-refractivity contribution < 1.29 is 5.11 Å². The Kier molecular flexibility index (Phi) is 14.9. The van der Waals surface area contributed by atoms with E-state index in [0.717, 1.165) is 48.3 Å². The molecule has 1 heteroatoms. The fraction of sp³-hybridized carbons (Fsp3) is 0.907. The van der Waals surface area contributed by atoms with E-state index in [9.17, 15) is 5.11 Å². The normalized spacial score (nSPS) is 34.8. The molecule has 1 unspecified atom stereocenters. The maximum Gasteiger partial charge on any atom is 0.0577 e. The van der Waals surface area contributed by atoms with Gasteiger partial charge in [0, 0.05) is 0 Å². The first-order valence-corrected chi connectivity index (χ1v) is 20.3. The van der Waals surface area contributed by atoms with Crippen LogP contribution in [0.5, 0.6) is 0 Å². The molecular weight excluding hydrogens is 532 g/mol. The summed E-state index contributed by atoms with van der Waals surface area (Å²) in [6.07, 6.45) is 41.8. The van der Waals surface area contributed by atoms with Gasteiger partial charge in [-0.15, -0.1) is 0 Å². The molecule has 0 heterocycles. The second kappa shape index (κ2) is 18.1. The lowest BCUT2D eigenvalue weighted by atomic mass is 9.47. The maximum absolute atomic E-state index is 10.3. The highest BCUT2D eigenvalue weighted by Crippen LogP contribution is 2.67. The number of unbranched alkanes of at least 4 members (excludes halogenated alkanes) is 11. The molecule has 0 aliphatic heterocycles. The SMILES string of the molecule is CCCCCC/C=C\CCCCCCCCCC(C)CCC[C@@H](C)[C@H]1CC[C@H]2[C@@H]3CC=C4C[C@@H](O)CC[C@]4(C)[C@H]3CC[C@]12C. The third-order valence-electron chi connectivity index (χ3n) is 14.2. The molecule has 4 rings (SSSR count). The van der Waals surface area contributed by atoms with Crippen molar-refractivity contribution >= 4 is 0 Å². The molecule has 0 aromatic rings. The Morgan fingerprint density at radius 3 is 2.14 bits per heavy atom. The lowest BCUT2D eigenvalue weighted by Gasteiger charge is -2.58. The van der Waals surface area contributed by atoms with Crippen LogP contribution in [0.1, 0.15) is 195 Å². The van der Waals surface area contributed by atoms with Crippen molar-refractivity contribution in [3.8, 4) is 0 Å². The summed E-state index contributed by atoms with van der Waals surface area (Å²) < 4.78 is 0. The Bertz CT molecular complexity index is 870. The van der Waals surface area contributed by atoms with Crippen LogP contribution >= 0.6 is 0 Å². The molecule has 0 radical (unpaired) electrons. The summed E-state index contributed by atoms with van der Waals surface area (Å²) in [4.78, 5) is 0. The van der Waals surface area contributed by atoms with Gasteiger partial charge in [-0.1, -0.05) is 142 Å². The molecule has 0 aromatic heterocycles. The van der Waals surface area contributed by atoms with Crippen molar-refractivity contribution in [3.63, 3.8) is 0 Å². The fourth-order valence-corrected chi connectivity index (χ4v) is 11.3. The number of aliphatic hydroxyl groups is 1. The minimum absolute atomic E-state index is 0.0820. The van der Waals surface area contributed by atoms with Gasteiger partial charge in [0.2, 0.25) is 0 Å². The zero-order chi connectivity index (χ0) is 31.4. The first-order chi connectivity index (χ1) is 21.3. The number of hydrogen-bond donors (Lipinski definition) is 1. The van der Waals surface area contributed by atoms with E-state index in [4.69, 9.17) is 0 Å². The van der Waals surface area contributed by atoms with Gasteiger partial charge in [-0.2, -0.15) is 0 Å². The van der Waals surface area contributed by atoms with Crippen LogP contribution in [0.25, 0.3) is 0 Å². The largest absolute Gasteiger partial charge is 0.393 e. The summed E-state index contributed by atoms with van der Waals surface area (Å²) >= 11 is 0. The highest BCUT2D eigenvalue weighted by atomic mass is 16.3. The zero-order valence-corrected chi connectivity index (χ0v) is 30.4. The molecule has 0 spiro atoms. The van der Waals surface area contributed by atoms with Crippen molar-refractivity contribution in [2.45, 2.75) is 201 Å². The minimum atomic E-state index is -0.0820. The minimum Gasteiger partial charge on any atom is -0.393 e. The monoisotopic (exact) mass is 609 g/mol. The second-order valence-electron chi connectivity index (χ2n) is 17.3. The van der Waals surface area contributed by atoms with Gasteiger partial charge < -0.3 is 5.11 Å². The molecule has 1 N–H and O–H groups in total. The predicted octanol–water partition coefficient (Wildman–Crippen LogP) is 13.4. The van der Waals surface area contributed by atoms with Crippen molar-refractivity contribution in [2.24, 2.45) is 46.3 Å². The van der Waals surface area contributed by atoms with Crippen molar-refractivity contribution in [1.29, 1.82) is 0 Å². The van der Waals surface area contributed by atoms with Gasteiger partial charge in [-0.25, -0.2) is 0 Å². The molecule has 3 fully saturated rings. The highest BCUT2D eigenvalue weighted by Gasteiger charge is 2.59. The van der Waals surface area contributed by atoms with Crippen LogP contribution in [0, 0.1) is 46.3 Å². The van der Waals surface area contributed by atoms with Crippen molar-refractivity contribution in [2.75, 3.05) is 0 Å². The Morgan fingerprint density at radius 1 is 0.750 bits per heavy atom. The van der Waals surface area contributed by atoms with E-state index in [-0.39, 0.29) is 6.10 Å². The zero-order valence-electron chi connectivity index (χ0n) is 30.4. The van der Waals surface area contributed by atoms with Crippen LogP contribution in [-0.2, 0) is 0 Å². The average Bonchev–Trinajstić information content (AvgIpc) is 3.36. The summed E-state index contributed by atoms with van der Waals surface area (Å²) in [5.74, 6) is 5.47. The number of aliphatic hydroxyl groups excluding tert-OH is 1. The average molecular weight is 609 g/mol. The van der Waals surface area contributed by atoms with Gasteiger partial charge in [-0.05, 0) is 123 Å². The van der Waals surface area contributed by atoms with Gasteiger partial charge in [0.05, 0.1) is 6.10 Å². The van der Waals surface area contributed by atoms with Crippen molar-refractivity contribution in [3.05, 3.63) is 23.8 Å². The van der Waals surface area contributed by atoms with Gasteiger partial charge in [0.15, 0.2) is 0 Å². The van der Waals surface area contributed by atoms with E-state index in [0.29, 0.717) is 10.8 Å². The maximum atomic E-state index is 10.3. The molecule has 0 amide bonds.